The Hall–Kier alpha value is -3.05. The van der Waals surface area contributed by atoms with Crippen LogP contribution >= 0.6 is 0 Å². The number of aliphatic hydroxyl groups is 1. The van der Waals surface area contributed by atoms with Crippen LogP contribution in [0.25, 0.3) is 16.6 Å². The number of pyridine rings is 1. The zero-order chi connectivity index (χ0) is 23.3. The van der Waals surface area contributed by atoms with Crippen molar-refractivity contribution in [2.45, 2.75) is 62.9 Å². The van der Waals surface area contributed by atoms with E-state index < -0.39 is 5.60 Å². The number of rotatable bonds is 3. The van der Waals surface area contributed by atoms with E-state index in [0.717, 1.165) is 67.2 Å². The SMILES string of the molecule is C[C@]1(O)CC[C@@]2(Cc3ccccn3)c3cc4cnn(-c5ccc(F)cc5)c4cc3CCC[C@H]2C1. The lowest BCUT2D eigenvalue weighted by Crippen LogP contribution is -2.48. The number of hydrogen-bond acceptors (Lipinski definition) is 3. The predicted octanol–water partition coefficient (Wildman–Crippen LogP) is 5.93. The van der Waals surface area contributed by atoms with E-state index in [1.54, 1.807) is 12.1 Å². The first kappa shape index (κ1) is 21.5. The number of benzene rings is 2. The van der Waals surface area contributed by atoms with Crippen LogP contribution < -0.4 is 0 Å². The monoisotopic (exact) mass is 455 g/mol. The molecule has 5 heteroatoms. The van der Waals surface area contributed by atoms with Gasteiger partial charge in [0, 0.05) is 22.7 Å². The van der Waals surface area contributed by atoms with Gasteiger partial charge in [-0.1, -0.05) is 6.07 Å². The van der Waals surface area contributed by atoms with E-state index in [2.05, 4.69) is 29.4 Å². The fourth-order valence-corrected chi connectivity index (χ4v) is 6.53. The van der Waals surface area contributed by atoms with Gasteiger partial charge in [0.25, 0.3) is 0 Å². The van der Waals surface area contributed by atoms with E-state index in [1.165, 1.54) is 23.3 Å². The van der Waals surface area contributed by atoms with Crippen LogP contribution in [0.1, 0.15) is 55.8 Å². The highest BCUT2D eigenvalue weighted by atomic mass is 19.1. The van der Waals surface area contributed by atoms with E-state index in [4.69, 9.17) is 4.98 Å². The van der Waals surface area contributed by atoms with Crippen molar-refractivity contribution in [2.75, 3.05) is 0 Å². The Balaban J connectivity index is 1.51. The maximum atomic E-state index is 13.5. The minimum Gasteiger partial charge on any atom is -0.390 e. The molecule has 4 aromatic rings. The van der Waals surface area contributed by atoms with Crippen LogP contribution in [0.2, 0.25) is 0 Å². The van der Waals surface area contributed by atoms with Crippen LogP contribution in [0, 0.1) is 11.7 Å². The Morgan fingerprint density at radius 1 is 1.12 bits per heavy atom. The lowest BCUT2D eigenvalue weighted by molar-refractivity contribution is -0.0332. The fraction of sp³-hybridized carbons (Fsp3) is 0.379. The molecule has 2 aromatic carbocycles. The van der Waals surface area contributed by atoms with Gasteiger partial charge in [-0.3, -0.25) is 4.98 Å². The average molecular weight is 456 g/mol. The molecule has 0 aliphatic heterocycles. The number of aromatic nitrogens is 3. The minimum atomic E-state index is -0.611. The van der Waals surface area contributed by atoms with E-state index >= 15 is 0 Å². The molecule has 0 radical (unpaired) electrons. The topological polar surface area (TPSA) is 50.9 Å². The number of hydrogen-bond donors (Lipinski definition) is 1. The number of aryl methyl sites for hydroxylation is 1. The van der Waals surface area contributed by atoms with Crippen molar-refractivity contribution in [1.82, 2.24) is 14.8 Å². The molecule has 1 fully saturated rings. The standard InChI is InChI=1S/C29H30FN3O/c1-28(34)12-13-29(18-24-7-2-3-14-31-24)22(17-28)6-4-5-20-16-27-21(15-26(20)29)19-32-33(27)25-10-8-23(30)9-11-25/h2-3,7-11,14-16,19,22,34H,4-6,12-13,17-18H2,1H3/t22-,28-,29-/m0/s1. The molecule has 2 aromatic heterocycles. The third-order valence-corrected chi connectivity index (χ3v) is 8.20. The quantitative estimate of drug-likeness (QED) is 0.417. The second-order valence-electron chi connectivity index (χ2n) is 10.5. The largest absolute Gasteiger partial charge is 0.390 e. The molecule has 2 aliphatic rings. The molecule has 3 atom stereocenters. The van der Waals surface area contributed by atoms with Gasteiger partial charge in [-0.05, 0) is 117 Å². The van der Waals surface area contributed by atoms with Gasteiger partial charge >= 0.3 is 0 Å². The van der Waals surface area contributed by atoms with Gasteiger partial charge < -0.3 is 5.11 Å². The Morgan fingerprint density at radius 3 is 2.76 bits per heavy atom. The summed E-state index contributed by atoms with van der Waals surface area (Å²) in [4.78, 5) is 4.70. The van der Waals surface area contributed by atoms with Crippen LogP contribution in [-0.2, 0) is 18.3 Å². The summed E-state index contributed by atoms with van der Waals surface area (Å²) in [6.07, 6.45) is 10.5. The van der Waals surface area contributed by atoms with Crippen molar-refractivity contribution in [1.29, 1.82) is 0 Å². The van der Waals surface area contributed by atoms with Crippen molar-refractivity contribution in [2.24, 2.45) is 5.92 Å². The summed E-state index contributed by atoms with van der Waals surface area (Å²) in [5.41, 5.74) is 5.15. The Labute approximate surface area is 199 Å². The first-order chi connectivity index (χ1) is 16.4. The van der Waals surface area contributed by atoms with Gasteiger partial charge in [0.15, 0.2) is 0 Å². The Kier molecular flexibility index (Phi) is 5.07. The number of nitrogens with zero attached hydrogens (tertiary/aromatic N) is 3. The number of fused-ring (bicyclic) bond motifs is 4. The zero-order valence-electron chi connectivity index (χ0n) is 19.5. The van der Waals surface area contributed by atoms with Crippen molar-refractivity contribution < 1.29 is 9.50 Å². The fourth-order valence-electron chi connectivity index (χ4n) is 6.53. The maximum absolute atomic E-state index is 13.5. The molecule has 0 spiro atoms. The number of halogens is 1. The molecular weight excluding hydrogens is 425 g/mol. The van der Waals surface area contributed by atoms with Crippen LogP contribution in [0.3, 0.4) is 0 Å². The van der Waals surface area contributed by atoms with Gasteiger partial charge in [0.05, 0.1) is 23.0 Å². The van der Waals surface area contributed by atoms with E-state index in [1.807, 2.05) is 30.1 Å². The maximum Gasteiger partial charge on any atom is 0.123 e. The predicted molar refractivity (Wildman–Crippen MR) is 132 cm³/mol. The molecule has 34 heavy (non-hydrogen) atoms. The Morgan fingerprint density at radius 2 is 1.97 bits per heavy atom. The molecule has 0 saturated heterocycles. The molecule has 0 unspecified atom stereocenters. The molecule has 1 N–H and O–H groups in total. The first-order valence-electron chi connectivity index (χ1n) is 12.3. The second-order valence-corrected chi connectivity index (χ2v) is 10.5. The molecule has 6 rings (SSSR count). The van der Waals surface area contributed by atoms with E-state index in [9.17, 15) is 9.50 Å². The summed E-state index contributed by atoms with van der Waals surface area (Å²) in [5, 5.41) is 16.8. The van der Waals surface area contributed by atoms with Crippen molar-refractivity contribution in [3.63, 3.8) is 0 Å². The van der Waals surface area contributed by atoms with Gasteiger partial charge in [-0.15, -0.1) is 0 Å². The summed E-state index contributed by atoms with van der Waals surface area (Å²) in [5.74, 6) is 0.161. The second kappa shape index (κ2) is 8.02. The summed E-state index contributed by atoms with van der Waals surface area (Å²) in [6, 6.07) is 17.3. The summed E-state index contributed by atoms with van der Waals surface area (Å²) < 4.78 is 15.4. The Bertz CT molecular complexity index is 1330. The third kappa shape index (κ3) is 3.63. The highest BCUT2D eigenvalue weighted by Crippen LogP contribution is 2.53. The van der Waals surface area contributed by atoms with E-state index in [-0.39, 0.29) is 11.2 Å². The van der Waals surface area contributed by atoms with Gasteiger partial charge in [0.1, 0.15) is 5.82 Å². The van der Waals surface area contributed by atoms with Crippen molar-refractivity contribution >= 4 is 10.9 Å². The molecule has 0 bridgehead atoms. The van der Waals surface area contributed by atoms with Crippen molar-refractivity contribution in [3.8, 4) is 5.69 Å². The van der Waals surface area contributed by atoms with Crippen LogP contribution in [0.5, 0.6) is 0 Å². The molecular formula is C29H30FN3O. The molecule has 2 aliphatic carbocycles. The van der Waals surface area contributed by atoms with Crippen LogP contribution in [-0.4, -0.2) is 25.5 Å². The lowest BCUT2D eigenvalue weighted by Gasteiger charge is -2.49. The molecule has 4 nitrogen and oxygen atoms in total. The third-order valence-electron chi connectivity index (χ3n) is 8.20. The van der Waals surface area contributed by atoms with Gasteiger partial charge in [0.2, 0.25) is 0 Å². The van der Waals surface area contributed by atoms with Gasteiger partial charge in [-0.2, -0.15) is 5.10 Å². The van der Waals surface area contributed by atoms with Crippen molar-refractivity contribution in [3.05, 3.63) is 89.6 Å². The van der Waals surface area contributed by atoms with Gasteiger partial charge in [-0.25, -0.2) is 9.07 Å². The molecule has 1 saturated carbocycles. The van der Waals surface area contributed by atoms with Crippen LogP contribution in [0.15, 0.2) is 67.0 Å². The summed E-state index contributed by atoms with van der Waals surface area (Å²) in [7, 11) is 0. The summed E-state index contributed by atoms with van der Waals surface area (Å²) >= 11 is 0. The highest BCUT2D eigenvalue weighted by molar-refractivity contribution is 5.82. The highest BCUT2D eigenvalue weighted by Gasteiger charge is 2.49. The lowest BCUT2D eigenvalue weighted by atomic mass is 9.56. The zero-order valence-corrected chi connectivity index (χ0v) is 19.5. The molecule has 2 heterocycles. The van der Waals surface area contributed by atoms with E-state index in [0.29, 0.717) is 5.92 Å². The summed E-state index contributed by atoms with van der Waals surface area (Å²) in [6.45, 7) is 2.00. The van der Waals surface area contributed by atoms with Crippen LogP contribution in [0.4, 0.5) is 4.39 Å². The normalized spacial score (nSPS) is 26.6. The minimum absolute atomic E-state index is 0.0470. The average Bonchev–Trinajstić information content (AvgIpc) is 3.18. The molecule has 0 amide bonds. The first-order valence-corrected chi connectivity index (χ1v) is 12.3. The smallest absolute Gasteiger partial charge is 0.123 e. The molecule has 174 valence electrons.